The third kappa shape index (κ3) is 5.34. The minimum atomic E-state index is -0.812. The summed E-state index contributed by atoms with van der Waals surface area (Å²) in [7, 11) is 1.62. The number of carboxylic acids is 1. The third-order valence-corrected chi connectivity index (χ3v) is 4.36. The topological polar surface area (TPSA) is 75.6 Å². The standard InChI is InChI=1S/C21H25NO4/c1-14(18-6-4-5-7-19(18)26-3)13-20(23)22-17-10-8-16(9-11-17)12-15(2)21(24)25/h4-11,14-15H,12-13H2,1-3H3,(H,22,23)(H,24,25). The average Bonchev–Trinajstić information content (AvgIpc) is 2.63. The maximum atomic E-state index is 12.3. The van der Waals surface area contributed by atoms with E-state index >= 15 is 0 Å². The van der Waals surface area contributed by atoms with Crippen LogP contribution in [0.2, 0.25) is 0 Å². The van der Waals surface area contributed by atoms with Crippen LogP contribution in [0.3, 0.4) is 0 Å². The molecule has 0 aliphatic carbocycles. The van der Waals surface area contributed by atoms with Gasteiger partial charge in [0.2, 0.25) is 5.91 Å². The van der Waals surface area contributed by atoms with Gasteiger partial charge in [-0.2, -0.15) is 0 Å². The molecular formula is C21H25NO4. The Balaban J connectivity index is 1.94. The lowest BCUT2D eigenvalue weighted by Gasteiger charge is -2.15. The fourth-order valence-corrected chi connectivity index (χ4v) is 2.84. The molecule has 2 atom stereocenters. The molecular weight excluding hydrogens is 330 g/mol. The van der Waals surface area contributed by atoms with Gasteiger partial charge in [-0.3, -0.25) is 9.59 Å². The quantitative estimate of drug-likeness (QED) is 0.748. The summed E-state index contributed by atoms with van der Waals surface area (Å²) in [6, 6.07) is 15.0. The van der Waals surface area contributed by atoms with Crippen molar-refractivity contribution >= 4 is 17.6 Å². The number of anilines is 1. The average molecular weight is 355 g/mol. The largest absolute Gasteiger partial charge is 0.496 e. The molecule has 0 radical (unpaired) electrons. The molecule has 2 rings (SSSR count). The molecule has 26 heavy (non-hydrogen) atoms. The van der Waals surface area contributed by atoms with Gasteiger partial charge < -0.3 is 15.2 Å². The van der Waals surface area contributed by atoms with Gasteiger partial charge in [0, 0.05) is 12.1 Å². The zero-order chi connectivity index (χ0) is 19.1. The van der Waals surface area contributed by atoms with Crippen molar-refractivity contribution in [3.05, 3.63) is 59.7 Å². The highest BCUT2D eigenvalue weighted by atomic mass is 16.5. The van der Waals surface area contributed by atoms with Crippen molar-refractivity contribution in [3.8, 4) is 5.75 Å². The van der Waals surface area contributed by atoms with Gasteiger partial charge in [0.15, 0.2) is 0 Å². The van der Waals surface area contributed by atoms with Crippen LogP contribution in [0.25, 0.3) is 0 Å². The van der Waals surface area contributed by atoms with Crippen LogP contribution in [-0.4, -0.2) is 24.1 Å². The molecule has 0 spiro atoms. The number of carbonyl (C=O) groups excluding carboxylic acids is 1. The molecule has 2 N–H and O–H groups in total. The van der Waals surface area contributed by atoms with E-state index < -0.39 is 11.9 Å². The fraction of sp³-hybridized carbons (Fsp3) is 0.333. The number of nitrogens with one attached hydrogen (secondary N) is 1. The van der Waals surface area contributed by atoms with Gasteiger partial charge in [0.05, 0.1) is 13.0 Å². The van der Waals surface area contributed by atoms with Gasteiger partial charge in [-0.25, -0.2) is 0 Å². The van der Waals surface area contributed by atoms with Gasteiger partial charge >= 0.3 is 5.97 Å². The summed E-state index contributed by atoms with van der Waals surface area (Å²) in [5.41, 5.74) is 2.64. The molecule has 0 saturated carbocycles. The summed E-state index contributed by atoms with van der Waals surface area (Å²) < 4.78 is 5.35. The lowest BCUT2D eigenvalue weighted by Crippen LogP contribution is -2.15. The number of carbonyl (C=O) groups is 2. The van der Waals surface area contributed by atoms with Crippen LogP contribution in [0.4, 0.5) is 5.69 Å². The lowest BCUT2D eigenvalue weighted by atomic mass is 9.96. The van der Waals surface area contributed by atoms with Gasteiger partial charge in [0.25, 0.3) is 0 Å². The van der Waals surface area contributed by atoms with Crippen molar-refractivity contribution in [2.75, 3.05) is 12.4 Å². The molecule has 2 aromatic rings. The second-order valence-electron chi connectivity index (χ2n) is 6.54. The summed E-state index contributed by atoms with van der Waals surface area (Å²) in [5.74, 6) is -0.508. The summed E-state index contributed by atoms with van der Waals surface area (Å²) in [4.78, 5) is 23.2. The smallest absolute Gasteiger partial charge is 0.306 e. The number of ether oxygens (including phenoxy) is 1. The zero-order valence-electron chi connectivity index (χ0n) is 15.4. The Bertz CT molecular complexity index is 755. The van der Waals surface area contributed by atoms with Crippen molar-refractivity contribution in [1.29, 1.82) is 0 Å². The number of rotatable bonds is 8. The van der Waals surface area contributed by atoms with E-state index in [0.29, 0.717) is 18.5 Å². The minimum Gasteiger partial charge on any atom is -0.496 e. The number of methoxy groups -OCH3 is 1. The van der Waals surface area contributed by atoms with Crippen molar-refractivity contribution in [2.24, 2.45) is 5.92 Å². The maximum absolute atomic E-state index is 12.3. The molecule has 0 aromatic heterocycles. The van der Waals surface area contributed by atoms with Crippen molar-refractivity contribution < 1.29 is 19.4 Å². The molecule has 138 valence electrons. The molecule has 0 bridgehead atoms. The van der Waals surface area contributed by atoms with Crippen LogP contribution in [0.1, 0.15) is 37.3 Å². The van der Waals surface area contributed by atoms with Crippen LogP contribution in [0.15, 0.2) is 48.5 Å². The van der Waals surface area contributed by atoms with Crippen LogP contribution in [0, 0.1) is 5.92 Å². The second kappa shape index (κ2) is 9.04. The van der Waals surface area contributed by atoms with Crippen LogP contribution in [-0.2, 0) is 16.0 Å². The Morgan fingerprint density at radius 3 is 2.35 bits per heavy atom. The molecule has 0 aliphatic rings. The number of para-hydroxylation sites is 1. The monoisotopic (exact) mass is 355 g/mol. The van der Waals surface area contributed by atoms with E-state index in [2.05, 4.69) is 5.32 Å². The summed E-state index contributed by atoms with van der Waals surface area (Å²) >= 11 is 0. The molecule has 0 fully saturated rings. The number of hydrogen-bond donors (Lipinski definition) is 2. The van der Waals surface area contributed by atoms with Crippen LogP contribution >= 0.6 is 0 Å². The first-order valence-electron chi connectivity index (χ1n) is 8.65. The van der Waals surface area contributed by atoms with E-state index in [1.165, 1.54) is 0 Å². The number of benzene rings is 2. The van der Waals surface area contributed by atoms with Gasteiger partial charge in [-0.15, -0.1) is 0 Å². The van der Waals surface area contributed by atoms with Crippen LogP contribution in [0.5, 0.6) is 5.75 Å². The second-order valence-corrected chi connectivity index (χ2v) is 6.54. The van der Waals surface area contributed by atoms with E-state index in [-0.39, 0.29) is 11.8 Å². The highest BCUT2D eigenvalue weighted by Crippen LogP contribution is 2.28. The highest BCUT2D eigenvalue weighted by Gasteiger charge is 2.15. The first-order chi connectivity index (χ1) is 12.4. The van der Waals surface area contributed by atoms with E-state index in [9.17, 15) is 9.59 Å². The van der Waals surface area contributed by atoms with E-state index in [0.717, 1.165) is 16.9 Å². The summed E-state index contributed by atoms with van der Waals surface area (Å²) in [5, 5.41) is 11.9. The molecule has 5 heteroatoms. The zero-order valence-corrected chi connectivity index (χ0v) is 15.4. The number of amides is 1. The number of hydrogen-bond acceptors (Lipinski definition) is 3. The summed E-state index contributed by atoms with van der Waals surface area (Å²) in [6.07, 6.45) is 0.812. The van der Waals surface area contributed by atoms with Gasteiger partial charge in [-0.05, 0) is 41.7 Å². The van der Waals surface area contributed by atoms with E-state index in [1.54, 1.807) is 26.2 Å². The number of aliphatic carboxylic acids is 1. The molecule has 1 amide bonds. The Hall–Kier alpha value is -2.82. The first kappa shape index (κ1) is 19.5. The summed E-state index contributed by atoms with van der Waals surface area (Å²) in [6.45, 7) is 3.67. The fourth-order valence-electron chi connectivity index (χ4n) is 2.84. The van der Waals surface area contributed by atoms with Crippen molar-refractivity contribution in [3.63, 3.8) is 0 Å². The lowest BCUT2D eigenvalue weighted by molar-refractivity contribution is -0.141. The normalized spacial score (nSPS) is 12.9. The molecule has 0 saturated heterocycles. The van der Waals surface area contributed by atoms with Crippen molar-refractivity contribution in [2.45, 2.75) is 32.6 Å². The van der Waals surface area contributed by atoms with E-state index in [4.69, 9.17) is 9.84 Å². The van der Waals surface area contributed by atoms with Gasteiger partial charge in [0.1, 0.15) is 5.75 Å². The molecule has 5 nitrogen and oxygen atoms in total. The maximum Gasteiger partial charge on any atom is 0.306 e. The molecule has 0 heterocycles. The van der Waals surface area contributed by atoms with E-state index in [1.807, 2.05) is 43.3 Å². The van der Waals surface area contributed by atoms with Gasteiger partial charge in [-0.1, -0.05) is 44.2 Å². The Labute approximate surface area is 154 Å². The predicted octanol–water partition coefficient (Wildman–Crippen LogP) is 4.09. The molecule has 2 aromatic carbocycles. The van der Waals surface area contributed by atoms with Crippen molar-refractivity contribution in [1.82, 2.24) is 0 Å². The molecule has 0 aliphatic heterocycles. The third-order valence-electron chi connectivity index (χ3n) is 4.36. The van der Waals surface area contributed by atoms with Crippen LogP contribution < -0.4 is 10.1 Å². The number of carboxylic acid groups (broad SMARTS) is 1. The Morgan fingerprint density at radius 1 is 1.08 bits per heavy atom. The minimum absolute atomic E-state index is 0.0295. The molecule has 2 unspecified atom stereocenters. The highest BCUT2D eigenvalue weighted by molar-refractivity contribution is 5.91. The Kier molecular flexibility index (Phi) is 6.78. The first-order valence-corrected chi connectivity index (χ1v) is 8.65. The Morgan fingerprint density at radius 2 is 1.73 bits per heavy atom. The predicted molar refractivity (Wildman–Crippen MR) is 102 cm³/mol. The SMILES string of the molecule is COc1ccccc1C(C)CC(=O)Nc1ccc(CC(C)C(=O)O)cc1.